The van der Waals surface area contributed by atoms with Crippen LogP contribution in [0.2, 0.25) is 0 Å². The Bertz CT molecular complexity index is 403. The lowest BCUT2D eigenvalue weighted by Crippen LogP contribution is -2.35. The zero-order chi connectivity index (χ0) is 14.9. The van der Waals surface area contributed by atoms with Crippen molar-refractivity contribution in [3.63, 3.8) is 0 Å². The minimum atomic E-state index is -6.00. The fourth-order valence-electron chi connectivity index (χ4n) is 0.950. The zero-order valence-electron chi connectivity index (χ0n) is 10.4. The number of halogens is 4. The second-order valence-electron chi connectivity index (χ2n) is 3.52. The normalized spacial score (nSPS) is 10.2. The van der Waals surface area contributed by atoms with E-state index in [9.17, 15) is 22.1 Å². The van der Waals surface area contributed by atoms with Crippen molar-refractivity contribution in [3.05, 3.63) is 42.7 Å². The highest BCUT2D eigenvalue weighted by Crippen LogP contribution is 2.06. The van der Waals surface area contributed by atoms with Gasteiger partial charge in [0.05, 0.1) is 0 Å². The number of hydrogen-bond acceptors (Lipinski definition) is 2. The standard InChI is InChI=1S/C11H14NO2.BF4/c1-10(2)11(13)14-9-8-12-6-4-3-5-7-12;2-1(3,4)5/h3-7H,1,8-9H2,2H3;/q+1;-1. The van der Waals surface area contributed by atoms with Crippen molar-refractivity contribution in [2.75, 3.05) is 6.61 Å². The van der Waals surface area contributed by atoms with Crippen molar-refractivity contribution < 1.29 is 31.4 Å². The Morgan fingerprint density at radius 1 is 1.21 bits per heavy atom. The largest absolute Gasteiger partial charge is 0.673 e. The Hall–Kier alpha value is -1.86. The van der Waals surface area contributed by atoms with Gasteiger partial charge in [-0.3, -0.25) is 0 Å². The van der Waals surface area contributed by atoms with Gasteiger partial charge in [-0.1, -0.05) is 12.6 Å². The van der Waals surface area contributed by atoms with E-state index in [2.05, 4.69) is 6.58 Å². The van der Waals surface area contributed by atoms with Crippen molar-refractivity contribution in [3.8, 4) is 0 Å². The molecule has 1 rings (SSSR count). The SMILES string of the molecule is C=C(C)C(=O)OCC[n+]1ccccc1.F[B-](F)(F)F. The van der Waals surface area contributed by atoms with Crippen molar-refractivity contribution in [1.82, 2.24) is 0 Å². The molecule has 1 heterocycles. The maximum absolute atomic E-state index is 11.0. The number of carbonyl (C=O) groups excluding carboxylic acids is 1. The van der Waals surface area contributed by atoms with E-state index in [1.807, 2.05) is 35.2 Å². The first-order valence-electron chi connectivity index (χ1n) is 5.34. The number of nitrogens with zero attached hydrogens (tertiary/aromatic N) is 1. The molecule has 8 heteroatoms. The smallest absolute Gasteiger partial charge is 0.456 e. The van der Waals surface area contributed by atoms with Crippen LogP contribution in [0.4, 0.5) is 17.3 Å². The first kappa shape index (κ1) is 17.1. The second-order valence-corrected chi connectivity index (χ2v) is 3.52. The predicted octanol–water partition coefficient (Wildman–Crippen LogP) is 2.39. The van der Waals surface area contributed by atoms with E-state index >= 15 is 0 Å². The lowest BCUT2D eigenvalue weighted by atomic mass is 10.3. The topological polar surface area (TPSA) is 30.2 Å². The van der Waals surface area contributed by atoms with Crippen LogP contribution in [0, 0.1) is 0 Å². The van der Waals surface area contributed by atoms with Crippen LogP contribution in [-0.4, -0.2) is 19.8 Å². The molecule has 106 valence electrons. The van der Waals surface area contributed by atoms with Gasteiger partial charge in [-0.2, -0.15) is 0 Å². The molecule has 19 heavy (non-hydrogen) atoms. The summed E-state index contributed by atoms with van der Waals surface area (Å²) in [5.41, 5.74) is 0.433. The number of hydrogen-bond donors (Lipinski definition) is 0. The van der Waals surface area contributed by atoms with Gasteiger partial charge in [0.25, 0.3) is 0 Å². The first-order valence-corrected chi connectivity index (χ1v) is 5.34. The average Bonchev–Trinajstić information content (AvgIpc) is 2.28. The van der Waals surface area contributed by atoms with E-state index in [-0.39, 0.29) is 5.97 Å². The molecule has 0 unspecified atom stereocenters. The van der Waals surface area contributed by atoms with Gasteiger partial charge in [-0.05, 0) is 6.92 Å². The van der Waals surface area contributed by atoms with Gasteiger partial charge < -0.3 is 22.0 Å². The summed E-state index contributed by atoms with van der Waals surface area (Å²) in [5, 5.41) is 0. The minimum absolute atomic E-state index is 0.332. The number of esters is 1. The Balaban J connectivity index is 0.000000555. The van der Waals surface area contributed by atoms with Gasteiger partial charge in [0.1, 0.15) is 0 Å². The summed E-state index contributed by atoms with van der Waals surface area (Å²) >= 11 is 0. The van der Waals surface area contributed by atoms with Gasteiger partial charge in [-0.25, -0.2) is 9.36 Å². The first-order chi connectivity index (χ1) is 8.70. The lowest BCUT2D eigenvalue weighted by molar-refractivity contribution is -0.697. The highest BCUT2D eigenvalue weighted by Gasteiger charge is 2.20. The number of carbonyl (C=O) groups is 1. The molecule has 0 saturated heterocycles. The Labute approximate surface area is 108 Å². The van der Waals surface area contributed by atoms with Gasteiger partial charge in [0.15, 0.2) is 25.5 Å². The van der Waals surface area contributed by atoms with Crippen LogP contribution in [0.1, 0.15) is 6.92 Å². The van der Waals surface area contributed by atoms with Crippen molar-refractivity contribution >= 4 is 13.2 Å². The summed E-state index contributed by atoms with van der Waals surface area (Å²) < 4.78 is 45.9. The van der Waals surface area contributed by atoms with Crippen LogP contribution in [0.15, 0.2) is 42.7 Å². The maximum atomic E-state index is 11.0. The molecule has 0 aliphatic heterocycles. The van der Waals surface area contributed by atoms with Gasteiger partial charge >= 0.3 is 13.2 Å². The summed E-state index contributed by atoms with van der Waals surface area (Å²) in [6.07, 6.45) is 3.85. The molecular weight excluding hydrogens is 265 g/mol. The molecule has 0 saturated carbocycles. The molecule has 0 spiro atoms. The summed E-state index contributed by atoms with van der Waals surface area (Å²) in [6, 6.07) is 5.80. The van der Waals surface area contributed by atoms with E-state index in [1.165, 1.54) is 0 Å². The molecule has 1 aromatic heterocycles. The third-order valence-electron chi connectivity index (χ3n) is 1.71. The highest BCUT2D eigenvalue weighted by atomic mass is 19.5. The van der Waals surface area contributed by atoms with Gasteiger partial charge in [0, 0.05) is 17.7 Å². The monoisotopic (exact) mass is 279 g/mol. The minimum Gasteiger partial charge on any atom is -0.456 e. The third-order valence-corrected chi connectivity index (χ3v) is 1.71. The fraction of sp³-hybridized carbons (Fsp3) is 0.273. The second kappa shape index (κ2) is 8.28. The number of aromatic nitrogens is 1. The van der Waals surface area contributed by atoms with Crippen molar-refractivity contribution in [1.29, 1.82) is 0 Å². The molecular formula is C11H14BF4NO2. The highest BCUT2D eigenvalue weighted by molar-refractivity contribution is 6.50. The van der Waals surface area contributed by atoms with Crippen LogP contribution in [0.5, 0.6) is 0 Å². The molecule has 1 aromatic rings. The Kier molecular flexibility index (Phi) is 7.47. The number of pyridine rings is 1. The summed E-state index contributed by atoms with van der Waals surface area (Å²) in [7, 11) is -6.00. The molecule has 0 radical (unpaired) electrons. The molecule has 0 amide bonds. The maximum Gasteiger partial charge on any atom is 0.673 e. The summed E-state index contributed by atoms with van der Waals surface area (Å²) in [5.74, 6) is -0.332. The van der Waals surface area contributed by atoms with Crippen LogP contribution < -0.4 is 4.57 Å². The molecule has 0 N–H and O–H groups in total. The van der Waals surface area contributed by atoms with E-state index in [0.717, 1.165) is 0 Å². The van der Waals surface area contributed by atoms with Crippen molar-refractivity contribution in [2.45, 2.75) is 13.5 Å². The third kappa shape index (κ3) is 12.4. The van der Waals surface area contributed by atoms with Crippen LogP contribution in [-0.2, 0) is 16.1 Å². The molecule has 0 aliphatic rings. The van der Waals surface area contributed by atoms with Crippen LogP contribution in [0.25, 0.3) is 0 Å². The summed E-state index contributed by atoms with van der Waals surface area (Å²) in [6.45, 7) is 6.18. The van der Waals surface area contributed by atoms with Crippen LogP contribution >= 0.6 is 0 Å². The molecule has 0 aromatic carbocycles. The molecule has 0 aliphatic carbocycles. The predicted molar refractivity (Wildman–Crippen MR) is 62.6 cm³/mol. The van der Waals surface area contributed by atoms with E-state index < -0.39 is 7.25 Å². The van der Waals surface area contributed by atoms with E-state index in [4.69, 9.17) is 4.74 Å². The van der Waals surface area contributed by atoms with E-state index in [1.54, 1.807) is 6.92 Å². The van der Waals surface area contributed by atoms with Crippen molar-refractivity contribution in [2.24, 2.45) is 0 Å². The fourth-order valence-corrected chi connectivity index (χ4v) is 0.950. The molecule has 0 bridgehead atoms. The Morgan fingerprint density at radius 3 is 2.11 bits per heavy atom. The molecule has 0 fully saturated rings. The number of ether oxygens (including phenoxy) is 1. The molecule has 3 nitrogen and oxygen atoms in total. The van der Waals surface area contributed by atoms with E-state index in [0.29, 0.717) is 18.7 Å². The lowest BCUT2D eigenvalue weighted by Gasteiger charge is -2.00. The quantitative estimate of drug-likeness (QED) is 0.278. The molecule has 0 atom stereocenters. The zero-order valence-corrected chi connectivity index (χ0v) is 10.4. The van der Waals surface area contributed by atoms with Crippen LogP contribution in [0.3, 0.4) is 0 Å². The Morgan fingerprint density at radius 2 is 1.68 bits per heavy atom. The van der Waals surface area contributed by atoms with Gasteiger partial charge in [0.2, 0.25) is 0 Å². The number of rotatable bonds is 4. The van der Waals surface area contributed by atoms with Gasteiger partial charge in [-0.15, -0.1) is 0 Å². The summed E-state index contributed by atoms with van der Waals surface area (Å²) in [4.78, 5) is 11.0. The average molecular weight is 279 g/mol.